The van der Waals surface area contributed by atoms with E-state index in [1.165, 1.54) is 18.1 Å². The lowest BCUT2D eigenvalue weighted by atomic mass is 10.1. The van der Waals surface area contributed by atoms with Crippen LogP contribution in [0.2, 0.25) is 5.02 Å². The van der Waals surface area contributed by atoms with Crippen molar-refractivity contribution in [2.24, 2.45) is 0 Å². The highest BCUT2D eigenvalue weighted by Gasteiger charge is 2.20. The van der Waals surface area contributed by atoms with Crippen molar-refractivity contribution in [1.29, 1.82) is 0 Å². The molecular formula is C19H21BrClN3O3. The van der Waals surface area contributed by atoms with E-state index >= 15 is 0 Å². The zero-order chi connectivity index (χ0) is 20.0. The fourth-order valence-electron chi connectivity index (χ4n) is 2.25. The lowest BCUT2D eigenvalue weighted by molar-refractivity contribution is 0.0666. The third kappa shape index (κ3) is 6.15. The van der Waals surface area contributed by atoms with E-state index in [2.05, 4.69) is 26.7 Å². The Kier molecular flexibility index (Phi) is 7.50. The highest BCUT2D eigenvalue weighted by molar-refractivity contribution is 9.10. The molecule has 0 aliphatic carbocycles. The Morgan fingerprint density at radius 1 is 1.19 bits per heavy atom. The van der Waals surface area contributed by atoms with Crippen molar-refractivity contribution in [2.75, 3.05) is 7.05 Å². The van der Waals surface area contributed by atoms with Gasteiger partial charge >= 0.3 is 6.03 Å². The topological polar surface area (TPSA) is 70.7 Å². The first-order valence-electron chi connectivity index (χ1n) is 8.31. The molecule has 8 heteroatoms. The van der Waals surface area contributed by atoms with Gasteiger partial charge in [-0.15, -0.1) is 0 Å². The monoisotopic (exact) mass is 453 g/mol. The summed E-state index contributed by atoms with van der Waals surface area (Å²) in [5, 5.41) is 4.01. The minimum absolute atomic E-state index is 0.0344. The van der Waals surface area contributed by atoms with Crippen molar-refractivity contribution in [3.05, 3.63) is 63.1 Å². The Morgan fingerprint density at radius 2 is 1.85 bits per heavy atom. The second kappa shape index (κ2) is 9.62. The van der Waals surface area contributed by atoms with Crippen LogP contribution in [0.15, 0.2) is 46.9 Å². The van der Waals surface area contributed by atoms with Crippen molar-refractivity contribution >= 4 is 39.5 Å². The van der Waals surface area contributed by atoms with Crippen LogP contribution in [0.25, 0.3) is 0 Å². The van der Waals surface area contributed by atoms with Gasteiger partial charge in [0, 0.05) is 17.1 Å². The maximum atomic E-state index is 12.9. The lowest BCUT2D eigenvalue weighted by Crippen LogP contribution is -2.48. The first kappa shape index (κ1) is 21.1. The first-order chi connectivity index (χ1) is 12.8. The summed E-state index contributed by atoms with van der Waals surface area (Å²) in [7, 11) is 1.48. The number of hydrogen-bond acceptors (Lipinski definition) is 3. The molecule has 0 bridgehead atoms. The molecule has 0 atom stereocenters. The summed E-state index contributed by atoms with van der Waals surface area (Å²) in [6.45, 7) is 3.98. The molecule has 2 aromatic carbocycles. The number of hydrazine groups is 1. The van der Waals surface area contributed by atoms with Gasteiger partial charge in [0.05, 0.1) is 17.7 Å². The molecule has 27 heavy (non-hydrogen) atoms. The summed E-state index contributed by atoms with van der Waals surface area (Å²) in [5.74, 6) is 0.112. The van der Waals surface area contributed by atoms with Crippen molar-refractivity contribution in [3.63, 3.8) is 0 Å². The van der Waals surface area contributed by atoms with Gasteiger partial charge < -0.3 is 10.1 Å². The molecule has 0 aliphatic rings. The van der Waals surface area contributed by atoms with Gasteiger partial charge in [0.15, 0.2) is 0 Å². The molecule has 0 aliphatic heterocycles. The fourth-order valence-corrected chi connectivity index (χ4v) is 2.74. The Bertz CT molecular complexity index is 812. The fraction of sp³-hybridized carbons (Fsp3) is 0.263. The predicted octanol–water partition coefficient (Wildman–Crippen LogP) is 4.38. The van der Waals surface area contributed by atoms with Crippen LogP contribution in [0.3, 0.4) is 0 Å². The van der Waals surface area contributed by atoms with E-state index in [4.69, 9.17) is 16.3 Å². The molecule has 0 radical (unpaired) electrons. The van der Waals surface area contributed by atoms with E-state index in [-0.39, 0.29) is 18.6 Å². The largest absolute Gasteiger partial charge is 0.489 e. The van der Waals surface area contributed by atoms with Gasteiger partial charge in [-0.25, -0.2) is 15.2 Å². The van der Waals surface area contributed by atoms with E-state index in [9.17, 15) is 9.59 Å². The summed E-state index contributed by atoms with van der Waals surface area (Å²) in [4.78, 5) is 24.7. The third-order valence-corrected chi connectivity index (χ3v) is 4.33. The van der Waals surface area contributed by atoms with Crippen molar-refractivity contribution in [3.8, 4) is 5.75 Å². The van der Waals surface area contributed by atoms with Gasteiger partial charge in [-0.2, -0.15) is 0 Å². The Labute approximate surface area is 171 Å². The molecule has 0 unspecified atom stereocenters. The van der Waals surface area contributed by atoms with Gasteiger partial charge in [-0.1, -0.05) is 39.7 Å². The Hall–Kier alpha value is -2.25. The van der Waals surface area contributed by atoms with Crippen LogP contribution in [-0.2, 0) is 6.54 Å². The number of benzene rings is 2. The molecule has 3 amide bonds. The molecule has 6 nitrogen and oxygen atoms in total. The zero-order valence-corrected chi connectivity index (χ0v) is 17.6. The smallest absolute Gasteiger partial charge is 0.333 e. The van der Waals surface area contributed by atoms with Crippen LogP contribution in [0.5, 0.6) is 5.75 Å². The summed E-state index contributed by atoms with van der Waals surface area (Å²) in [5.41, 5.74) is 3.74. The van der Waals surface area contributed by atoms with Crippen LogP contribution < -0.4 is 15.5 Å². The van der Waals surface area contributed by atoms with Gasteiger partial charge in [0.1, 0.15) is 5.75 Å². The molecule has 0 fully saturated rings. The highest BCUT2D eigenvalue weighted by atomic mass is 79.9. The van der Waals surface area contributed by atoms with E-state index in [1.807, 2.05) is 38.1 Å². The number of ether oxygens (including phenoxy) is 1. The third-order valence-electron chi connectivity index (χ3n) is 3.50. The number of hydrogen-bond donors (Lipinski definition) is 2. The number of amides is 3. The second-order valence-corrected chi connectivity index (χ2v) is 7.34. The van der Waals surface area contributed by atoms with E-state index in [1.54, 1.807) is 12.1 Å². The van der Waals surface area contributed by atoms with Crippen molar-refractivity contribution in [1.82, 2.24) is 15.8 Å². The number of nitrogens with one attached hydrogen (secondary N) is 2. The Morgan fingerprint density at radius 3 is 2.41 bits per heavy atom. The zero-order valence-electron chi connectivity index (χ0n) is 15.3. The van der Waals surface area contributed by atoms with Crippen LogP contribution in [0.1, 0.15) is 29.8 Å². The van der Waals surface area contributed by atoms with Crippen LogP contribution in [0, 0.1) is 0 Å². The van der Waals surface area contributed by atoms with Gasteiger partial charge in [-0.3, -0.25) is 4.79 Å². The Balaban J connectivity index is 2.25. The number of urea groups is 1. The molecule has 0 aromatic heterocycles. The number of carbonyl (C=O) groups excluding carboxylic acids is 2. The van der Waals surface area contributed by atoms with Gasteiger partial charge in [0.25, 0.3) is 5.91 Å². The van der Waals surface area contributed by atoms with E-state index in [0.717, 1.165) is 10.0 Å². The molecule has 2 rings (SSSR count). The molecule has 0 heterocycles. The molecule has 2 aromatic rings. The minimum atomic E-state index is -0.494. The molecule has 0 spiro atoms. The van der Waals surface area contributed by atoms with E-state index < -0.39 is 6.03 Å². The maximum Gasteiger partial charge on any atom is 0.333 e. The summed E-state index contributed by atoms with van der Waals surface area (Å²) in [6, 6.07) is 11.8. The summed E-state index contributed by atoms with van der Waals surface area (Å²) < 4.78 is 6.51. The maximum absolute atomic E-state index is 12.9. The SMILES string of the molecule is CNC(=O)NN(Cc1ccc(Br)cc1)C(=O)c1ccc(OC(C)C)c(Cl)c1. The predicted molar refractivity (Wildman–Crippen MR) is 109 cm³/mol. The first-order valence-corrected chi connectivity index (χ1v) is 9.48. The number of halogens is 2. The van der Waals surface area contributed by atoms with Crippen LogP contribution in [0.4, 0.5) is 4.79 Å². The standard InChI is InChI=1S/C19H21BrClN3O3/c1-12(2)27-17-9-6-14(10-16(17)21)18(25)24(23-19(26)22-3)11-13-4-7-15(20)8-5-13/h4-10,12H,11H2,1-3H3,(H2,22,23,26). The molecule has 0 saturated heterocycles. The van der Waals surface area contributed by atoms with Gasteiger partial charge in [0.2, 0.25) is 0 Å². The van der Waals surface area contributed by atoms with Crippen LogP contribution in [-0.4, -0.2) is 30.1 Å². The van der Waals surface area contributed by atoms with Crippen molar-refractivity contribution < 1.29 is 14.3 Å². The lowest BCUT2D eigenvalue weighted by Gasteiger charge is -2.23. The van der Waals surface area contributed by atoms with Crippen LogP contribution >= 0.6 is 27.5 Å². The molecular weight excluding hydrogens is 434 g/mol. The normalized spacial score (nSPS) is 10.4. The number of nitrogens with zero attached hydrogens (tertiary/aromatic N) is 1. The van der Waals surface area contributed by atoms with E-state index in [0.29, 0.717) is 16.3 Å². The summed E-state index contributed by atoms with van der Waals surface area (Å²) >= 11 is 9.61. The quantitative estimate of drug-likeness (QED) is 0.659. The number of rotatable bonds is 5. The molecule has 0 saturated carbocycles. The summed E-state index contributed by atoms with van der Waals surface area (Å²) in [6.07, 6.45) is -0.0344. The average molecular weight is 455 g/mol. The molecule has 2 N–H and O–H groups in total. The van der Waals surface area contributed by atoms with Gasteiger partial charge in [-0.05, 0) is 49.7 Å². The van der Waals surface area contributed by atoms with Crippen molar-refractivity contribution in [2.45, 2.75) is 26.5 Å². The average Bonchev–Trinajstić information content (AvgIpc) is 2.63. The highest BCUT2D eigenvalue weighted by Crippen LogP contribution is 2.27. The minimum Gasteiger partial charge on any atom is -0.489 e. The second-order valence-electron chi connectivity index (χ2n) is 6.02. The number of carbonyl (C=O) groups is 2. The molecule has 144 valence electrons.